The van der Waals surface area contributed by atoms with E-state index in [1.165, 1.54) is 18.2 Å². The Bertz CT molecular complexity index is 801. The predicted octanol–water partition coefficient (Wildman–Crippen LogP) is 1.33. The first-order chi connectivity index (χ1) is 8.34. The number of primary sulfonamides is 1. The summed E-state index contributed by atoms with van der Waals surface area (Å²) in [7, 11) is -4.04. The van der Waals surface area contributed by atoms with Crippen molar-refractivity contribution in [1.82, 2.24) is 0 Å². The highest BCUT2D eigenvalue weighted by molar-refractivity contribution is 7.89. The van der Waals surface area contributed by atoms with Gasteiger partial charge in [0.15, 0.2) is 0 Å². The Kier molecular flexibility index (Phi) is 2.78. The van der Waals surface area contributed by atoms with Gasteiger partial charge in [-0.25, -0.2) is 13.6 Å². The summed E-state index contributed by atoms with van der Waals surface area (Å²) in [5.41, 5.74) is -0.172. The van der Waals surface area contributed by atoms with Gasteiger partial charge in [-0.3, -0.25) is 10.1 Å². The fourth-order valence-electron chi connectivity index (χ4n) is 1.53. The third-order valence-electron chi connectivity index (χ3n) is 2.22. The van der Waals surface area contributed by atoms with Crippen LogP contribution in [-0.2, 0) is 10.0 Å². The van der Waals surface area contributed by atoms with Gasteiger partial charge in [-0.15, -0.1) is 11.3 Å². The van der Waals surface area contributed by atoms with Crippen molar-refractivity contribution in [1.29, 1.82) is 5.26 Å². The van der Waals surface area contributed by atoms with Gasteiger partial charge in [-0.1, -0.05) is 0 Å². The summed E-state index contributed by atoms with van der Waals surface area (Å²) < 4.78 is 23.1. The fourth-order valence-corrected chi connectivity index (χ4v) is 3.79. The van der Waals surface area contributed by atoms with Gasteiger partial charge in [-0.05, 0) is 6.07 Å². The van der Waals surface area contributed by atoms with Crippen LogP contribution < -0.4 is 5.14 Å². The Hall–Kier alpha value is -2.02. The third-order valence-corrected chi connectivity index (χ3v) is 4.40. The second-order valence-corrected chi connectivity index (χ2v) is 5.91. The predicted molar refractivity (Wildman–Crippen MR) is 64.6 cm³/mol. The molecular weight excluding hydrogens is 278 g/mol. The second-order valence-electron chi connectivity index (χ2n) is 3.35. The first kappa shape index (κ1) is 12.4. The van der Waals surface area contributed by atoms with Crippen LogP contribution in [0.5, 0.6) is 0 Å². The lowest BCUT2D eigenvalue weighted by Gasteiger charge is -1.96. The minimum atomic E-state index is -4.04. The quantitative estimate of drug-likeness (QED) is 0.656. The minimum Gasteiger partial charge on any atom is -0.258 e. The van der Waals surface area contributed by atoms with Gasteiger partial charge in [0.2, 0.25) is 10.0 Å². The molecule has 92 valence electrons. The molecule has 7 nitrogen and oxygen atoms in total. The number of hydrogen-bond donors (Lipinski definition) is 1. The first-order valence-corrected chi connectivity index (χ1v) is 6.84. The number of non-ortho nitro benzene ring substituents is 1. The molecule has 1 aromatic heterocycles. The number of hydrogen-bond acceptors (Lipinski definition) is 6. The van der Waals surface area contributed by atoms with Crippen molar-refractivity contribution in [3.63, 3.8) is 0 Å². The van der Waals surface area contributed by atoms with Crippen LogP contribution in [0, 0.1) is 21.4 Å². The average molecular weight is 283 g/mol. The van der Waals surface area contributed by atoms with Crippen LogP contribution in [0.25, 0.3) is 10.1 Å². The summed E-state index contributed by atoms with van der Waals surface area (Å²) in [6.07, 6.45) is 0. The number of fused-ring (bicyclic) bond motifs is 1. The van der Waals surface area contributed by atoms with Crippen LogP contribution in [0.15, 0.2) is 23.1 Å². The van der Waals surface area contributed by atoms with E-state index in [1.807, 2.05) is 0 Å². The zero-order valence-corrected chi connectivity index (χ0v) is 10.3. The molecule has 0 fully saturated rings. The molecule has 0 aliphatic heterocycles. The van der Waals surface area contributed by atoms with Gasteiger partial charge in [0.25, 0.3) is 5.69 Å². The number of nitro benzene ring substituents is 1. The molecule has 0 aliphatic carbocycles. The summed E-state index contributed by atoms with van der Waals surface area (Å²) in [4.78, 5) is 9.66. The molecule has 0 atom stereocenters. The van der Waals surface area contributed by atoms with Crippen LogP contribution >= 0.6 is 11.3 Å². The highest BCUT2D eigenvalue weighted by Crippen LogP contribution is 2.35. The Morgan fingerprint density at radius 2 is 2.11 bits per heavy atom. The van der Waals surface area contributed by atoms with E-state index >= 15 is 0 Å². The van der Waals surface area contributed by atoms with Crippen LogP contribution in [0.1, 0.15) is 4.88 Å². The Morgan fingerprint density at radius 3 is 2.61 bits per heavy atom. The topological polar surface area (TPSA) is 127 Å². The largest absolute Gasteiger partial charge is 0.270 e. The number of nitrogens with two attached hydrogens (primary N) is 1. The molecule has 2 aromatic rings. The van der Waals surface area contributed by atoms with Crippen molar-refractivity contribution in [3.8, 4) is 6.07 Å². The number of thiophene rings is 1. The molecular formula is C9H5N3O4S2. The minimum absolute atomic E-state index is 0.0759. The van der Waals surface area contributed by atoms with Crippen LogP contribution in [0.2, 0.25) is 0 Å². The van der Waals surface area contributed by atoms with E-state index < -0.39 is 14.9 Å². The Balaban J connectivity index is 2.88. The van der Waals surface area contributed by atoms with E-state index in [0.29, 0.717) is 4.70 Å². The highest BCUT2D eigenvalue weighted by Gasteiger charge is 2.22. The van der Waals surface area contributed by atoms with Gasteiger partial charge < -0.3 is 0 Å². The van der Waals surface area contributed by atoms with Crippen molar-refractivity contribution >= 4 is 37.1 Å². The second kappa shape index (κ2) is 4.02. The smallest absolute Gasteiger partial charge is 0.258 e. The maximum Gasteiger partial charge on any atom is 0.270 e. The molecule has 2 rings (SSSR count). The zero-order chi connectivity index (χ0) is 13.5. The van der Waals surface area contributed by atoms with E-state index in [1.54, 1.807) is 6.07 Å². The van der Waals surface area contributed by atoms with Crippen molar-refractivity contribution in [2.45, 2.75) is 4.90 Å². The molecule has 2 N–H and O–H groups in total. The van der Waals surface area contributed by atoms with Gasteiger partial charge in [-0.2, -0.15) is 5.26 Å². The number of rotatable bonds is 2. The lowest BCUT2D eigenvalue weighted by atomic mass is 10.2. The summed E-state index contributed by atoms with van der Waals surface area (Å²) in [6.45, 7) is 0. The van der Waals surface area contributed by atoms with Crippen molar-refractivity contribution in [2.24, 2.45) is 5.14 Å². The van der Waals surface area contributed by atoms with Crippen LogP contribution in [0.3, 0.4) is 0 Å². The van der Waals surface area contributed by atoms with Gasteiger partial charge >= 0.3 is 0 Å². The molecule has 0 radical (unpaired) electrons. The standard InChI is InChI=1S/C9H5N3O4S2/c10-4-8-9(18(11,15)16)6-2-1-5(12(13)14)3-7(6)17-8/h1-3H,(H2,11,15,16). The first-order valence-electron chi connectivity index (χ1n) is 4.48. The summed E-state index contributed by atoms with van der Waals surface area (Å²) in [5.74, 6) is 0. The number of benzene rings is 1. The molecule has 0 unspecified atom stereocenters. The zero-order valence-electron chi connectivity index (χ0n) is 8.65. The van der Waals surface area contributed by atoms with Crippen molar-refractivity contribution in [2.75, 3.05) is 0 Å². The molecule has 1 heterocycles. The lowest BCUT2D eigenvalue weighted by molar-refractivity contribution is -0.384. The number of nitrogens with zero attached hydrogens (tertiary/aromatic N) is 2. The van der Waals surface area contributed by atoms with Crippen LogP contribution in [0.4, 0.5) is 5.69 Å². The number of sulfonamides is 1. The maximum atomic E-state index is 11.4. The SMILES string of the molecule is N#Cc1sc2cc([N+](=O)[O-])ccc2c1S(N)(=O)=O. The van der Waals surface area contributed by atoms with E-state index in [-0.39, 0.29) is 20.8 Å². The van der Waals surface area contributed by atoms with Crippen molar-refractivity contribution < 1.29 is 13.3 Å². The highest BCUT2D eigenvalue weighted by atomic mass is 32.2. The number of nitro groups is 1. The average Bonchev–Trinajstić information content (AvgIpc) is 2.65. The van der Waals surface area contributed by atoms with Crippen LogP contribution in [-0.4, -0.2) is 13.3 Å². The molecule has 0 saturated carbocycles. The summed E-state index contributed by atoms with van der Waals surface area (Å²) in [6, 6.07) is 5.40. The molecule has 0 saturated heterocycles. The molecule has 18 heavy (non-hydrogen) atoms. The number of nitriles is 1. The van der Waals surface area contributed by atoms with Gasteiger partial charge in [0.1, 0.15) is 15.8 Å². The molecule has 0 bridgehead atoms. The summed E-state index contributed by atoms with van der Waals surface area (Å²) in [5, 5.41) is 24.7. The molecule has 0 aliphatic rings. The van der Waals surface area contributed by atoms with E-state index in [4.69, 9.17) is 10.4 Å². The monoisotopic (exact) mass is 283 g/mol. The molecule has 9 heteroatoms. The van der Waals surface area contributed by atoms with Gasteiger partial charge in [0.05, 0.1) is 4.92 Å². The van der Waals surface area contributed by atoms with E-state index in [0.717, 1.165) is 11.3 Å². The molecule has 0 spiro atoms. The van der Waals surface area contributed by atoms with E-state index in [9.17, 15) is 18.5 Å². The fraction of sp³-hybridized carbons (Fsp3) is 0. The molecule has 0 amide bonds. The lowest BCUT2D eigenvalue weighted by Crippen LogP contribution is -2.12. The normalized spacial score (nSPS) is 11.3. The Morgan fingerprint density at radius 1 is 1.44 bits per heavy atom. The maximum absolute atomic E-state index is 11.4. The Labute approximate surface area is 105 Å². The third kappa shape index (κ3) is 1.92. The molecule has 1 aromatic carbocycles. The summed E-state index contributed by atoms with van der Waals surface area (Å²) >= 11 is 0.858. The van der Waals surface area contributed by atoms with E-state index in [2.05, 4.69) is 0 Å². The van der Waals surface area contributed by atoms with Crippen molar-refractivity contribution in [3.05, 3.63) is 33.2 Å². The van der Waals surface area contributed by atoms with Gasteiger partial charge in [0, 0.05) is 22.2 Å².